The van der Waals surface area contributed by atoms with E-state index in [1.54, 1.807) is 0 Å². The number of unbranched alkanes of at least 4 members (excludes halogenated alkanes) is 30. The minimum atomic E-state index is -0.770. The van der Waals surface area contributed by atoms with Gasteiger partial charge in [-0.1, -0.05) is 206 Å². The lowest BCUT2D eigenvalue weighted by molar-refractivity contribution is -0.167. The molecule has 57 heavy (non-hydrogen) atoms. The Balaban J connectivity index is 4.25. The molecule has 0 aromatic heterocycles. The predicted molar refractivity (Wildman–Crippen MR) is 243 cm³/mol. The average Bonchev–Trinajstić information content (AvgIpc) is 3.21. The number of hydrogen-bond donors (Lipinski definition) is 0. The van der Waals surface area contributed by atoms with E-state index in [1.807, 2.05) is 0 Å². The molecule has 0 aromatic carbocycles. The van der Waals surface area contributed by atoms with Crippen molar-refractivity contribution in [3.8, 4) is 0 Å². The lowest BCUT2D eigenvalue weighted by Crippen LogP contribution is -2.30. The van der Waals surface area contributed by atoms with Gasteiger partial charge in [-0.05, 0) is 64.2 Å². The first-order valence-corrected chi connectivity index (χ1v) is 24.8. The molecule has 0 heterocycles. The molecule has 0 aromatic rings. The van der Waals surface area contributed by atoms with Gasteiger partial charge in [-0.25, -0.2) is 0 Å². The van der Waals surface area contributed by atoms with Crippen LogP contribution in [0.1, 0.15) is 265 Å². The average molecular weight is 803 g/mol. The maximum absolute atomic E-state index is 12.7. The molecule has 0 saturated carbocycles. The summed E-state index contributed by atoms with van der Waals surface area (Å²) in [5, 5.41) is 0. The van der Waals surface area contributed by atoms with Crippen molar-refractivity contribution in [2.24, 2.45) is 0 Å². The highest BCUT2D eigenvalue weighted by atomic mass is 16.6. The molecule has 0 radical (unpaired) electrons. The number of carbonyl (C=O) groups excluding carboxylic acids is 3. The van der Waals surface area contributed by atoms with Gasteiger partial charge in [0.1, 0.15) is 13.2 Å². The minimum absolute atomic E-state index is 0.0733. The van der Waals surface area contributed by atoms with Crippen molar-refractivity contribution >= 4 is 17.9 Å². The second-order valence-electron chi connectivity index (χ2n) is 16.7. The fourth-order valence-corrected chi connectivity index (χ4v) is 7.12. The van der Waals surface area contributed by atoms with Gasteiger partial charge < -0.3 is 14.2 Å². The first-order chi connectivity index (χ1) is 28.0. The molecule has 0 aliphatic heterocycles. The van der Waals surface area contributed by atoms with Crippen molar-refractivity contribution in [3.05, 3.63) is 24.3 Å². The van der Waals surface area contributed by atoms with E-state index in [-0.39, 0.29) is 31.1 Å². The first-order valence-electron chi connectivity index (χ1n) is 24.8. The molecule has 0 unspecified atom stereocenters. The van der Waals surface area contributed by atoms with Crippen LogP contribution in [0.25, 0.3) is 0 Å². The Hall–Kier alpha value is -2.11. The van der Waals surface area contributed by atoms with E-state index in [0.29, 0.717) is 19.3 Å². The fraction of sp³-hybridized carbons (Fsp3) is 0.863. The van der Waals surface area contributed by atoms with Crippen LogP contribution in [0, 0.1) is 0 Å². The van der Waals surface area contributed by atoms with Crippen LogP contribution in [-0.2, 0) is 28.6 Å². The van der Waals surface area contributed by atoms with E-state index in [4.69, 9.17) is 14.2 Å². The van der Waals surface area contributed by atoms with Crippen molar-refractivity contribution in [1.82, 2.24) is 0 Å². The van der Waals surface area contributed by atoms with Gasteiger partial charge in [0.2, 0.25) is 0 Å². The highest BCUT2D eigenvalue weighted by Gasteiger charge is 2.19. The summed E-state index contributed by atoms with van der Waals surface area (Å²) in [4.78, 5) is 37.7. The van der Waals surface area contributed by atoms with Crippen molar-refractivity contribution in [2.45, 2.75) is 271 Å². The van der Waals surface area contributed by atoms with E-state index in [2.05, 4.69) is 45.1 Å². The number of rotatable bonds is 45. The van der Waals surface area contributed by atoms with Crippen LogP contribution in [0.5, 0.6) is 0 Å². The lowest BCUT2D eigenvalue weighted by Gasteiger charge is -2.18. The van der Waals surface area contributed by atoms with Crippen LogP contribution >= 0.6 is 0 Å². The third kappa shape index (κ3) is 44.8. The maximum Gasteiger partial charge on any atom is 0.306 e. The van der Waals surface area contributed by atoms with Crippen molar-refractivity contribution in [3.63, 3.8) is 0 Å². The molecule has 0 aliphatic carbocycles. The normalized spacial score (nSPS) is 12.1. The molecule has 0 rings (SSSR count). The molecule has 1 atom stereocenters. The molecule has 6 heteroatoms. The Morgan fingerprint density at radius 1 is 0.333 bits per heavy atom. The standard InChI is InChI=1S/C51H94O6/c1-4-7-10-13-16-19-21-22-23-24-25-26-27-28-30-32-35-38-41-44-50(53)56-47-48(46-55-49(52)43-40-37-34-31-18-15-12-9-6-3)57-51(54)45-42-39-36-33-29-20-17-14-11-8-5-2/h14,17,24-25,48H,4-13,15-16,18-23,26-47H2,1-3H3/b17-14-,25-24-/t48-/m1/s1. The second kappa shape index (κ2) is 46.6. The van der Waals surface area contributed by atoms with Gasteiger partial charge in [0, 0.05) is 19.3 Å². The largest absolute Gasteiger partial charge is 0.462 e. The molecule has 0 amide bonds. The van der Waals surface area contributed by atoms with Gasteiger partial charge in [-0.15, -0.1) is 0 Å². The molecule has 0 aliphatic rings. The summed E-state index contributed by atoms with van der Waals surface area (Å²) < 4.78 is 16.7. The van der Waals surface area contributed by atoms with Crippen LogP contribution in [0.2, 0.25) is 0 Å². The van der Waals surface area contributed by atoms with Crippen LogP contribution in [0.4, 0.5) is 0 Å². The summed E-state index contributed by atoms with van der Waals surface area (Å²) in [6, 6.07) is 0. The van der Waals surface area contributed by atoms with Gasteiger partial charge in [0.15, 0.2) is 6.10 Å². The van der Waals surface area contributed by atoms with Crippen molar-refractivity contribution < 1.29 is 28.6 Å². The van der Waals surface area contributed by atoms with E-state index >= 15 is 0 Å². The molecule has 6 nitrogen and oxygen atoms in total. The molecule has 334 valence electrons. The van der Waals surface area contributed by atoms with Crippen molar-refractivity contribution in [1.29, 1.82) is 0 Å². The smallest absolute Gasteiger partial charge is 0.306 e. The summed E-state index contributed by atoms with van der Waals surface area (Å²) in [5.74, 6) is -0.883. The molecule has 0 saturated heterocycles. The third-order valence-electron chi connectivity index (χ3n) is 10.9. The summed E-state index contributed by atoms with van der Waals surface area (Å²) >= 11 is 0. The Kier molecular flexibility index (Phi) is 44.9. The molecular weight excluding hydrogens is 709 g/mol. The molecular formula is C51H94O6. The predicted octanol–water partition coefficient (Wildman–Crippen LogP) is 16.0. The van der Waals surface area contributed by atoms with Gasteiger partial charge in [-0.2, -0.15) is 0 Å². The number of allylic oxidation sites excluding steroid dienone is 4. The van der Waals surface area contributed by atoms with E-state index in [9.17, 15) is 14.4 Å². The van der Waals surface area contributed by atoms with Crippen LogP contribution in [0.15, 0.2) is 24.3 Å². The topological polar surface area (TPSA) is 78.9 Å². The Morgan fingerprint density at radius 2 is 0.596 bits per heavy atom. The zero-order chi connectivity index (χ0) is 41.5. The summed E-state index contributed by atoms with van der Waals surface area (Å²) in [7, 11) is 0. The summed E-state index contributed by atoms with van der Waals surface area (Å²) in [6.45, 7) is 6.58. The minimum Gasteiger partial charge on any atom is -0.462 e. The van der Waals surface area contributed by atoms with Gasteiger partial charge >= 0.3 is 17.9 Å². The molecule has 0 N–H and O–H groups in total. The van der Waals surface area contributed by atoms with Crippen LogP contribution in [-0.4, -0.2) is 37.2 Å². The van der Waals surface area contributed by atoms with Crippen LogP contribution in [0.3, 0.4) is 0 Å². The summed E-state index contributed by atoms with van der Waals surface area (Å²) in [6.07, 6.45) is 51.7. The zero-order valence-corrected chi connectivity index (χ0v) is 38.1. The molecule has 0 fully saturated rings. The number of ether oxygens (including phenoxy) is 3. The number of esters is 3. The Bertz CT molecular complexity index is 927. The van der Waals surface area contributed by atoms with E-state index in [1.165, 1.54) is 154 Å². The number of carbonyl (C=O) groups is 3. The van der Waals surface area contributed by atoms with E-state index in [0.717, 1.165) is 70.6 Å². The summed E-state index contributed by atoms with van der Waals surface area (Å²) in [5.41, 5.74) is 0. The SMILES string of the molecule is CCCC/C=C\CCCCCCCC(=O)O[C@@H](COC(=O)CCCCCCCCC/C=C\CCCCCCCCCC)COC(=O)CCCCCCCCCCC. The quantitative estimate of drug-likeness (QED) is 0.0264. The van der Waals surface area contributed by atoms with Gasteiger partial charge in [-0.3, -0.25) is 14.4 Å². The lowest BCUT2D eigenvalue weighted by atomic mass is 10.1. The Morgan fingerprint density at radius 3 is 0.930 bits per heavy atom. The zero-order valence-electron chi connectivity index (χ0n) is 38.1. The molecule has 0 spiro atoms. The highest BCUT2D eigenvalue weighted by molar-refractivity contribution is 5.71. The Labute approximate surface area is 353 Å². The second-order valence-corrected chi connectivity index (χ2v) is 16.7. The van der Waals surface area contributed by atoms with E-state index < -0.39 is 6.10 Å². The van der Waals surface area contributed by atoms with Gasteiger partial charge in [0.05, 0.1) is 0 Å². The molecule has 0 bridgehead atoms. The maximum atomic E-state index is 12.7. The van der Waals surface area contributed by atoms with Crippen LogP contribution < -0.4 is 0 Å². The monoisotopic (exact) mass is 803 g/mol. The fourth-order valence-electron chi connectivity index (χ4n) is 7.12. The third-order valence-corrected chi connectivity index (χ3v) is 10.9. The van der Waals surface area contributed by atoms with Gasteiger partial charge in [0.25, 0.3) is 0 Å². The first kappa shape index (κ1) is 54.9. The number of hydrogen-bond acceptors (Lipinski definition) is 6. The highest BCUT2D eigenvalue weighted by Crippen LogP contribution is 2.15. The van der Waals surface area contributed by atoms with Crippen molar-refractivity contribution in [2.75, 3.05) is 13.2 Å².